The Labute approximate surface area is 129 Å². The Bertz CT molecular complexity index is 476. The molecule has 0 aliphatic carbocycles. The Balaban J connectivity index is 2.24. The molecule has 22 heavy (non-hydrogen) atoms. The second-order valence-corrected chi connectivity index (χ2v) is 5.01. The minimum Gasteiger partial charge on any atom is -0.494 e. The van der Waals surface area contributed by atoms with Crippen LogP contribution in [0.5, 0.6) is 5.75 Å². The highest BCUT2D eigenvalue weighted by Gasteiger charge is 2.18. The highest BCUT2D eigenvalue weighted by Crippen LogP contribution is 2.11. The summed E-state index contributed by atoms with van der Waals surface area (Å²) in [5.74, 6) is -1.11. The molecule has 1 rings (SSSR count). The van der Waals surface area contributed by atoms with Gasteiger partial charge in [0, 0.05) is 6.42 Å². The fourth-order valence-electron chi connectivity index (χ4n) is 1.89. The zero-order valence-electron chi connectivity index (χ0n) is 12.7. The number of carbonyl (C=O) groups excluding carboxylic acids is 1. The number of hydrogen-bond acceptors (Lipinski definition) is 3. The van der Waals surface area contributed by atoms with Gasteiger partial charge in [-0.1, -0.05) is 19.8 Å². The summed E-state index contributed by atoms with van der Waals surface area (Å²) in [6, 6.07) is 4.80. The Kier molecular flexibility index (Phi) is 7.96. The lowest BCUT2D eigenvalue weighted by atomic mass is 10.1. The van der Waals surface area contributed by atoms with E-state index < -0.39 is 12.0 Å². The largest absolute Gasteiger partial charge is 0.494 e. The van der Waals surface area contributed by atoms with Gasteiger partial charge in [-0.2, -0.15) is 0 Å². The molecule has 6 heteroatoms. The third-order valence-corrected chi connectivity index (χ3v) is 3.11. The predicted molar refractivity (Wildman–Crippen MR) is 80.2 cm³/mol. The maximum absolute atomic E-state index is 12.7. The van der Waals surface area contributed by atoms with Crippen LogP contribution in [0.3, 0.4) is 0 Å². The number of aliphatic carboxylic acids is 1. The van der Waals surface area contributed by atoms with Crippen LogP contribution in [0.2, 0.25) is 0 Å². The molecule has 0 bridgehead atoms. The van der Waals surface area contributed by atoms with Crippen molar-refractivity contribution in [3.63, 3.8) is 0 Å². The molecule has 1 amide bonds. The molecule has 0 radical (unpaired) electrons. The second kappa shape index (κ2) is 9.76. The average Bonchev–Trinajstić information content (AvgIpc) is 2.49. The Morgan fingerprint density at radius 2 is 1.95 bits per heavy atom. The topological polar surface area (TPSA) is 75.6 Å². The lowest BCUT2D eigenvalue weighted by Gasteiger charge is -2.14. The molecule has 1 unspecified atom stereocenters. The quantitative estimate of drug-likeness (QED) is 0.652. The van der Waals surface area contributed by atoms with Crippen LogP contribution < -0.4 is 10.1 Å². The lowest BCUT2D eigenvalue weighted by molar-refractivity contribution is -0.142. The summed E-state index contributed by atoms with van der Waals surface area (Å²) < 4.78 is 18.1. The molecule has 0 saturated heterocycles. The summed E-state index contributed by atoms with van der Waals surface area (Å²) in [5.41, 5.74) is 0. The van der Waals surface area contributed by atoms with Gasteiger partial charge in [-0.25, -0.2) is 9.18 Å². The van der Waals surface area contributed by atoms with Gasteiger partial charge in [0.05, 0.1) is 6.61 Å². The maximum atomic E-state index is 12.7. The molecule has 5 nitrogen and oxygen atoms in total. The van der Waals surface area contributed by atoms with E-state index in [1.807, 2.05) is 6.92 Å². The molecule has 0 fully saturated rings. The van der Waals surface area contributed by atoms with Crippen molar-refractivity contribution >= 4 is 11.9 Å². The van der Waals surface area contributed by atoms with E-state index in [-0.39, 0.29) is 18.1 Å². The van der Waals surface area contributed by atoms with Crippen molar-refractivity contribution in [1.82, 2.24) is 5.32 Å². The first-order valence-corrected chi connectivity index (χ1v) is 7.43. The minimum atomic E-state index is -1.01. The van der Waals surface area contributed by atoms with Crippen LogP contribution in [0, 0.1) is 5.82 Å². The fourth-order valence-corrected chi connectivity index (χ4v) is 1.89. The maximum Gasteiger partial charge on any atom is 0.326 e. The minimum absolute atomic E-state index is 0.192. The van der Waals surface area contributed by atoms with Crippen molar-refractivity contribution < 1.29 is 23.8 Å². The van der Waals surface area contributed by atoms with Crippen molar-refractivity contribution in [2.45, 2.75) is 45.1 Å². The van der Waals surface area contributed by atoms with Gasteiger partial charge >= 0.3 is 5.97 Å². The molecular weight excluding hydrogens is 289 g/mol. The van der Waals surface area contributed by atoms with Crippen molar-refractivity contribution in [3.8, 4) is 5.75 Å². The number of benzene rings is 1. The molecule has 0 saturated carbocycles. The highest BCUT2D eigenvalue weighted by atomic mass is 19.1. The normalized spacial score (nSPS) is 11.7. The van der Waals surface area contributed by atoms with Crippen LogP contribution in [-0.2, 0) is 9.59 Å². The van der Waals surface area contributed by atoms with Gasteiger partial charge in [0.2, 0.25) is 5.91 Å². The molecular formula is C16H22FNO4. The van der Waals surface area contributed by atoms with Gasteiger partial charge in [0.15, 0.2) is 0 Å². The molecule has 1 atom stereocenters. The van der Waals surface area contributed by atoms with Crippen LogP contribution in [0.1, 0.15) is 39.0 Å². The van der Waals surface area contributed by atoms with E-state index in [2.05, 4.69) is 5.32 Å². The van der Waals surface area contributed by atoms with Crippen LogP contribution in [0.15, 0.2) is 24.3 Å². The smallest absolute Gasteiger partial charge is 0.326 e. The number of amides is 1. The van der Waals surface area contributed by atoms with E-state index in [4.69, 9.17) is 9.84 Å². The number of carboxylic acids is 1. The standard InChI is InChI=1S/C16H22FNO4/c1-2-3-5-14(16(20)21)18-15(19)6-4-11-22-13-9-7-12(17)8-10-13/h7-10,14H,2-6,11H2,1H3,(H,18,19)(H,20,21). The van der Waals surface area contributed by atoms with E-state index in [0.29, 0.717) is 25.2 Å². The summed E-state index contributed by atoms with van der Waals surface area (Å²) in [5, 5.41) is 11.5. The number of hydrogen-bond donors (Lipinski definition) is 2. The highest BCUT2D eigenvalue weighted by molar-refractivity contribution is 5.83. The SMILES string of the molecule is CCCCC(NC(=O)CCCOc1ccc(F)cc1)C(=O)O. The van der Waals surface area contributed by atoms with Crippen LogP contribution in [0.4, 0.5) is 4.39 Å². The van der Waals surface area contributed by atoms with Gasteiger partial charge in [0.1, 0.15) is 17.6 Å². The number of carbonyl (C=O) groups is 2. The van der Waals surface area contributed by atoms with Gasteiger partial charge < -0.3 is 15.2 Å². The second-order valence-electron chi connectivity index (χ2n) is 5.01. The van der Waals surface area contributed by atoms with Crippen LogP contribution in [0.25, 0.3) is 0 Å². The molecule has 0 aromatic heterocycles. The van der Waals surface area contributed by atoms with Gasteiger partial charge in [-0.15, -0.1) is 0 Å². The number of ether oxygens (including phenoxy) is 1. The first-order valence-electron chi connectivity index (χ1n) is 7.43. The number of nitrogens with one attached hydrogen (secondary N) is 1. The van der Waals surface area contributed by atoms with Crippen LogP contribution >= 0.6 is 0 Å². The third-order valence-electron chi connectivity index (χ3n) is 3.11. The lowest BCUT2D eigenvalue weighted by Crippen LogP contribution is -2.40. The van der Waals surface area contributed by atoms with E-state index in [0.717, 1.165) is 12.8 Å². The Morgan fingerprint density at radius 3 is 2.55 bits per heavy atom. The summed E-state index contributed by atoms with van der Waals surface area (Å²) in [7, 11) is 0. The van der Waals surface area contributed by atoms with E-state index in [9.17, 15) is 14.0 Å². The zero-order chi connectivity index (χ0) is 16.4. The number of unbranched alkanes of at least 4 members (excludes halogenated alkanes) is 1. The molecule has 0 heterocycles. The van der Waals surface area contributed by atoms with Crippen LogP contribution in [-0.4, -0.2) is 29.6 Å². The molecule has 0 spiro atoms. The molecule has 1 aromatic rings. The predicted octanol–water partition coefficient (Wildman–Crippen LogP) is 2.74. The van der Waals surface area contributed by atoms with Gasteiger partial charge in [-0.05, 0) is 37.1 Å². The van der Waals surface area contributed by atoms with E-state index >= 15 is 0 Å². The molecule has 0 aliphatic rings. The molecule has 1 aromatic carbocycles. The van der Waals surface area contributed by atoms with Crippen molar-refractivity contribution in [3.05, 3.63) is 30.1 Å². The van der Waals surface area contributed by atoms with Gasteiger partial charge in [0.25, 0.3) is 0 Å². The summed E-state index contributed by atoms with van der Waals surface area (Å²) in [6.07, 6.45) is 2.72. The van der Waals surface area contributed by atoms with Crippen molar-refractivity contribution in [2.24, 2.45) is 0 Å². The zero-order valence-corrected chi connectivity index (χ0v) is 12.7. The van der Waals surface area contributed by atoms with E-state index in [1.165, 1.54) is 24.3 Å². The average molecular weight is 311 g/mol. The third kappa shape index (κ3) is 7.06. The fraction of sp³-hybridized carbons (Fsp3) is 0.500. The first-order chi connectivity index (χ1) is 10.5. The number of halogens is 1. The molecule has 2 N–H and O–H groups in total. The number of rotatable bonds is 10. The molecule has 0 aliphatic heterocycles. The summed E-state index contributed by atoms with van der Waals surface area (Å²) >= 11 is 0. The van der Waals surface area contributed by atoms with Crippen molar-refractivity contribution in [2.75, 3.05) is 6.61 Å². The Morgan fingerprint density at radius 1 is 1.27 bits per heavy atom. The monoisotopic (exact) mass is 311 g/mol. The summed E-state index contributed by atoms with van der Waals surface area (Å²) in [4.78, 5) is 22.7. The van der Waals surface area contributed by atoms with Crippen molar-refractivity contribution in [1.29, 1.82) is 0 Å². The first kappa shape index (κ1) is 17.9. The van der Waals surface area contributed by atoms with Gasteiger partial charge in [-0.3, -0.25) is 4.79 Å². The van der Waals surface area contributed by atoms with E-state index in [1.54, 1.807) is 0 Å². The Hall–Kier alpha value is -2.11. The molecule has 122 valence electrons. The number of carboxylic acid groups (broad SMARTS) is 1. The summed E-state index contributed by atoms with van der Waals surface area (Å²) in [6.45, 7) is 2.28.